The molecule has 0 saturated heterocycles. The molecule has 0 rings (SSSR count). The smallest absolute Gasteiger partial charge is 0.309 e. The first-order chi connectivity index (χ1) is 14.1. The Hall–Kier alpha value is -1.22. The highest BCUT2D eigenvalue weighted by Crippen LogP contribution is 2.19. The molecule has 8 heteroatoms. The van der Waals surface area contributed by atoms with E-state index in [1.807, 2.05) is 20.8 Å². The van der Waals surface area contributed by atoms with Gasteiger partial charge in [-0.25, -0.2) is 0 Å². The zero-order chi connectivity index (χ0) is 21.7. The molecule has 0 aromatic carbocycles. The van der Waals surface area contributed by atoms with Crippen LogP contribution in [0.4, 0.5) is 0 Å². The van der Waals surface area contributed by atoms with Crippen molar-refractivity contribution < 1.29 is 38.0 Å². The summed E-state index contributed by atoms with van der Waals surface area (Å²) in [6.07, 6.45) is 2.43. The fraction of sp³-hybridized carbons (Fsp3) is 0.905. The van der Waals surface area contributed by atoms with E-state index in [9.17, 15) is 9.59 Å². The molecule has 29 heavy (non-hydrogen) atoms. The Morgan fingerprint density at radius 1 is 0.586 bits per heavy atom. The first-order valence-electron chi connectivity index (χ1n) is 10.7. The highest BCUT2D eigenvalue weighted by molar-refractivity contribution is 5.81. The summed E-state index contributed by atoms with van der Waals surface area (Å²) in [6.45, 7) is 11.9. The number of ether oxygens (including phenoxy) is 6. The first-order valence-corrected chi connectivity index (χ1v) is 10.7. The molecule has 0 amide bonds. The molecule has 0 spiro atoms. The van der Waals surface area contributed by atoms with Crippen molar-refractivity contribution in [3.63, 3.8) is 0 Å². The third kappa shape index (κ3) is 15.3. The number of hydrogen-bond acceptors (Lipinski definition) is 8. The standard InChI is InChI=1S/C21H40O8/c1-5-8-24-10-12-26-14-16-28-20(22)18(4)19(7-3)21(23)29-17-15-27-13-11-25-9-6-2/h18-19H,5-17H2,1-4H3. The molecular weight excluding hydrogens is 380 g/mol. The maximum Gasteiger partial charge on any atom is 0.309 e. The molecule has 0 radical (unpaired) electrons. The van der Waals surface area contributed by atoms with Crippen LogP contribution in [0.25, 0.3) is 0 Å². The van der Waals surface area contributed by atoms with Crippen molar-refractivity contribution in [3.05, 3.63) is 0 Å². The van der Waals surface area contributed by atoms with E-state index in [1.165, 1.54) is 0 Å². The molecule has 0 aromatic heterocycles. The number of carbonyl (C=O) groups is 2. The predicted molar refractivity (Wildman–Crippen MR) is 109 cm³/mol. The van der Waals surface area contributed by atoms with Crippen LogP contribution in [0.1, 0.15) is 47.0 Å². The first kappa shape index (κ1) is 27.8. The van der Waals surface area contributed by atoms with Crippen molar-refractivity contribution >= 4 is 11.9 Å². The fourth-order valence-corrected chi connectivity index (χ4v) is 2.46. The van der Waals surface area contributed by atoms with E-state index >= 15 is 0 Å². The minimum atomic E-state index is -0.580. The highest BCUT2D eigenvalue weighted by atomic mass is 16.6. The van der Waals surface area contributed by atoms with Crippen molar-refractivity contribution in [3.8, 4) is 0 Å². The zero-order valence-corrected chi connectivity index (χ0v) is 18.6. The minimum absolute atomic E-state index is 0.149. The normalized spacial score (nSPS) is 13.1. The number of esters is 2. The van der Waals surface area contributed by atoms with Gasteiger partial charge in [0.2, 0.25) is 0 Å². The van der Waals surface area contributed by atoms with Crippen LogP contribution in [-0.4, -0.2) is 78.0 Å². The van der Waals surface area contributed by atoms with Gasteiger partial charge in [-0.3, -0.25) is 9.59 Å². The summed E-state index contributed by atoms with van der Waals surface area (Å²) >= 11 is 0. The van der Waals surface area contributed by atoms with Gasteiger partial charge in [-0.15, -0.1) is 0 Å². The van der Waals surface area contributed by atoms with Gasteiger partial charge in [-0.2, -0.15) is 0 Å². The Labute approximate surface area is 175 Å². The van der Waals surface area contributed by atoms with Gasteiger partial charge in [0, 0.05) is 13.2 Å². The predicted octanol–water partition coefficient (Wildman–Crippen LogP) is 2.62. The van der Waals surface area contributed by atoms with Gasteiger partial charge in [0.25, 0.3) is 0 Å². The Morgan fingerprint density at radius 3 is 1.38 bits per heavy atom. The fourth-order valence-electron chi connectivity index (χ4n) is 2.46. The molecule has 8 nitrogen and oxygen atoms in total. The lowest BCUT2D eigenvalue weighted by Gasteiger charge is -2.20. The maximum atomic E-state index is 12.2. The summed E-state index contributed by atoms with van der Waals surface area (Å²) in [5, 5.41) is 0. The van der Waals surface area contributed by atoms with Crippen LogP contribution in [0.5, 0.6) is 0 Å². The van der Waals surface area contributed by atoms with E-state index in [1.54, 1.807) is 6.92 Å². The Bertz CT molecular complexity index is 402. The van der Waals surface area contributed by atoms with Crippen LogP contribution in [0, 0.1) is 11.8 Å². The summed E-state index contributed by atoms with van der Waals surface area (Å²) in [6, 6.07) is 0. The van der Waals surface area contributed by atoms with Gasteiger partial charge in [-0.05, 0) is 19.3 Å². The Kier molecular flexibility index (Phi) is 19.2. The highest BCUT2D eigenvalue weighted by Gasteiger charge is 2.31. The third-order valence-corrected chi connectivity index (χ3v) is 4.10. The summed E-state index contributed by atoms with van der Waals surface area (Å²) in [5.41, 5.74) is 0. The molecule has 2 atom stereocenters. The summed E-state index contributed by atoms with van der Waals surface area (Å²) in [4.78, 5) is 24.4. The average molecular weight is 421 g/mol. The van der Waals surface area contributed by atoms with E-state index in [2.05, 4.69) is 0 Å². The largest absolute Gasteiger partial charge is 0.463 e. The van der Waals surface area contributed by atoms with Crippen LogP contribution in [0.15, 0.2) is 0 Å². The topological polar surface area (TPSA) is 89.5 Å². The zero-order valence-electron chi connectivity index (χ0n) is 18.6. The monoisotopic (exact) mass is 420 g/mol. The molecule has 0 aliphatic carbocycles. The molecule has 0 aliphatic heterocycles. The molecule has 0 fully saturated rings. The van der Waals surface area contributed by atoms with Crippen molar-refractivity contribution in [1.29, 1.82) is 0 Å². The molecule has 0 N–H and O–H groups in total. The maximum absolute atomic E-state index is 12.2. The number of rotatable bonds is 20. The lowest BCUT2D eigenvalue weighted by molar-refractivity contribution is -0.162. The lowest BCUT2D eigenvalue weighted by Crippen LogP contribution is -2.31. The van der Waals surface area contributed by atoms with Crippen LogP contribution in [0.2, 0.25) is 0 Å². The van der Waals surface area contributed by atoms with Crippen LogP contribution < -0.4 is 0 Å². The van der Waals surface area contributed by atoms with Gasteiger partial charge >= 0.3 is 11.9 Å². The van der Waals surface area contributed by atoms with Gasteiger partial charge < -0.3 is 28.4 Å². The third-order valence-electron chi connectivity index (χ3n) is 4.10. The van der Waals surface area contributed by atoms with Crippen LogP contribution in [-0.2, 0) is 38.0 Å². The van der Waals surface area contributed by atoms with E-state index in [0.29, 0.717) is 59.3 Å². The van der Waals surface area contributed by atoms with E-state index in [0.717, 1.165) is 12.8 Å². The van der Waals surface area contributed by atoms with E-state index in [4.69, 9.17) is 28.4 Å². The van der Waals surface area contributed by atoms with Gasteiger partial charge in [-0.1, -0.05) is 27.7 Å². The lowest BCUT2D eigenvalue weighted by atomic mass is 9.92. The second kappa shape index (κ2) is 20.1. The van der Waals surface area contributed by atoms with Crippen LogP contribution in [0.3, 0.4) is 0 Å². The molecule has 0 aromatic rings. The average Bonchev–Trinajstić information content (AvgIpc) is 2.72. The Balaban J connectivity index is 3.90. The molecular formula is C21H40O8. The second-order valence-corrected chi connectivity index (χ2v) is 6.59. The van der Waals surface area contributed by atoms with Crippen molar-refractivity contribution in [2.75, 3.05) is 66.1 Å². The second-order valence-electron chi connectivity index (χ2n) is 6.59. The van der Waals surface area contributed by atoms with E-state index in [-0.39, 0.29) is 13.2 Å². The summed E-state index contributed by atoms with van der Waals surface area (Å²) in [5.74, 6) is -1.96. The minimum Gasteiger partial charge on any atom is -0.463 e. The van der Waals surface area contributed by atoms with Gasteiger partial charge in [0.15, 0.2) is 0 Å². The summed E-state index contributed by atoms with van der Waals surface area (Å²) < 4.78 is 31.7. The molecule has 0 aliphatic rings. The Morgan fingerprint density at radius 2 is 0.966 bits per heavy atom. The molecule has 0 bridgehead atoms. The quantitative estimate of drug-likeness (QED) is 0.219. The van der Waals surface area contributed by atoms with Crippen LogP contribution >= 0.6 is 0 Å². The summed E-state index contributed by atoms with van der Waals surface area (Å²) in [7, 11) is 0. The van der Waals surface area contributed by atoms with Crippen molar-refractivity contribution in [2.45, 2.75) is 47.0 Å². The number of hydrogen-bond donors (Lipinski definition) is 0. The van der Waals surface area contributed by atoms with Gasteiger partial charge in [0.1, 0.15) is 13.2 Å². The molecule has 2 unspecified atom stereocenters. The molecule has 0 saturated carbocycles. The van der Waals surface area contributed by atoms with E-state index < -0.39 is 23.8 Å². The van der Waals surface area contributed by atoms with Gasteiger partial charge in [0.05, 0.1) is 51.5 Å². The molecule has 0 heterocycles. The number of carbonyl (C=O) groups excluding carboxylic acids is 2. The SMILES string of the molecule is CCCOCCOCCOC(=O)C(C)C(CC)C(=O)OCCOCCOCCC. The van der Waals surface area contributed by atoms with Crippen molar-refractivity contribution in [1.82, 2.24) is 0 Å². The molecule has 172 valence electrons. The van der Waals surface area contributed by atoms with Crippen molar-refractivity contribution in [2.24, 2.45) is 11.8 Å².